The highest BCUT2D eigenvalue weighted by Gasteiger charge is 2.07. The predicted molar refractivity (Wildman–Crippen MR) is 79.2 cm³/mol. The molecule has 0 amide bonds. The first-order valence-electron chi connectivity index (χ1n) is 6.02. The second-order valence-corrected chi connectivity index (χ2v) is 7.48. The topological polar surface area (TPSA) is 239 Å². The molecular weight excluding hydrogens is 326 g/mol. The van der Waals surface area contributed by atoms with Gasteiger partial charge in [-0.1, -0.05) is 19.3 Å². The van der Waals surface area contributed by atoms with Crippen molar-refractivity contribution in [1.29, 1.82) is 0 Å². The summed E-state index contributed by atoms with van der Waals surface area (Å²) < 4.78 is 19.1. The summed E-state index contributed by atoms with van der Waals surface area (Å²) in [5.41, 5.74) is 14.7. The van der Waals surface area contributed by atoms with Crippen molar-refractivity contribution in [1.82, 2.24) is 0 Å². The Balaban J connectivity index is -0.000000219. The first-order valence-corrected chi connectivity index (χ1v) is 9.62. The molecule has 13 N–H and O–H groups in total. The van der Waals surface area contributed by atoms with Crippen LogP contribution in [-0.2, 0) is 9.13 Å². The van der Waals surface area contributed by atoms with E-state index in [9.17, 15) is 9.13 Å². The molecule has 21 heavy (non-hydrogen) atoms. The monoisotopic (exact) mass is 354 g/mol. The van der Waals surface area contributed by atoms with Gasteiger partial charge in [-0.15, -0.1) is 0 Å². The van der Waals surface area contributed by atoms with Gasteiger partial charge in [-0.2, -0.15) is 0 Å². The summed E-state index contributed by atoms with van der Waals surface area (Å²) in [4.78, 5) is 31.2. The zero-order valence-corrected chi connectivity index (χ0v) is 13.6. The molecule has 1 fully saturated rings. The first-order chi connectivity index (χ1) is 9.52. The Bertz CT molecular complexity index is 281. The van der Waals surface area contributed by atoms with Gasteiger partial charge < -0.3 is 42.0 Å². The number of hydrogen-bond donors (Lipinski definition) is 9. The van der Waals surface area contributed by atoms with E-state index in [4.69, 9.17) is 30.5 Å². The Morgan fingerprint density at radius 1 is 0.810 bits per heavy atom. The van der Waals surface area contributed by atoms with Gasteiger partial charge in [0.2, 0.25) is 0 Å². The van der Waals surface area contributed by atoms with Crippen LogP contribution < -0.4 is 23.1 Å². The van der Waals surface area contributed by atoms with Crippen LogP contribution >= 0.6 is 15.2 Å². The molecule has 13 heteroatoms. The minimum Gasteiger partial charge on any atom is -0.328 e. The van der Waals surface area contributed by atoms with Crippen molar-refractivity contribution >= 4 is 15.2 Å². The third-order valence-corrected chi connectivity index (χ3v) is 3.08. The minimum atomic E-state index is -3.87. The van der Waals surface area contributed by atoms with E-state index in [1.165, 1.54) is 32.1 Å². The summed E-state index contributed by atoms with van der Waals surface area (Å²) in [6.45, 7) is 0. The summed E-state index contributed by atoms with van der Waals surface area (Å²) in [7, 11) is -7.74. The average Bonchev–Trinajstić information content (AvgIpc) is 2.42. The smallest absolute Gasteiger partial charge is 0.328 e. The highest BCUT2D eigenvalue weighted by atomic mass is 31.2. The lowest BCUT2D eigenvalue weighted by Crippen LogP contribution is -2.22. The number of hydrogen-bond acceptors (Lipinski definition) is 7. The quantitative estimate of drug-likeness (QED) is 0.210. The van der Waals surface area contributed by atoms with Crippen LogP contribution in [0.3, 0.4) is 0 Å². The van der Waals surface area contributed by atoms with Crippen LogP contribution in [0.15, 0.2) is 0 Å². The molecule has 0 aliphatic heterocycles. The maximum Gasteiger partial charge on any atom is 0.338 e. The molecule has 0 unspecified atom stereocenters. The molecule has 0 atom stereocenters. The van der Waals surface area contributed by atoms with E-state index in [0.717, 1.165) is 0 Å². The Hall–Kier alpha value is 0.1000. The molecule has 0 aromatic heterocycles. The van der Waals surface area contributed by atoms with E-state index in [0.29, 0.717) is 6.04 Å². The van der Waals surface area contributed by atoms with Crippen LogP contribution in [-0.4, -0.2) is 43.4 Å². The van der Waals surface area contributed by atoms with Gasteiger partial charge in [0.25, 0.3) is 0 Å². The lowest BCUT2D eigenvalue weighted by atomic mass is 9.97. The van der Waals surface area contributed by atoms with E-state index >= 15 is 0 Å². The van der Waals surface area contributed by atoms with Crippen molar-refractivity contribution < 1.29 is 33.9 Å². The van der Waals surface area contributed by atoms with Gasteiger partial charge in [0.15, 0.2) is 0 Å². The third kappa shape index (κ3) is 33.1. The maximum absolute atomic E-state index is 9.57. The standard InChI is InChI=1S/C6H13N.2CH6NO3P.H3NO/c7-6-4-2-1-3-5-6;2*2-1-6(3,4)5;1-2/h6H,1-5,7H2;2*1-2H2,(H2,3,4,5);2H,1H2. The van der Waals surface area contributed by atoms with Crippen molar-refractivity contribution in [2.24, 2.45) is 23.1 Å². The Morgan fingerprint density at radius 3 is 1.14 bits per heavy atom. The van der Waals surface area contributed by atoms with Crippen LogP contribution in [0, 0.1) is 0 Å². The SMILES string of the molecule is NC1CCCCC1.NCP(=O)(O)O.NCP(=O)(O)O.NO. The molecule has 132 valence electrons. The molecule has 0 bridgehead atoms. The minimum absolute atomic E-state index is 0.536. The number of rotatable bonds is 2. The molecule has 11 nitrogen and oxygen atoms in total. The predicted octanol–water partition coefficient (Wildman–Crippen LogP) is -1.23. The molecule has 1 saturated carbocycles. The summed E-state index contributed by atoms with van der Waals surface area (Å²) in [5.74, 6) is 3.50. The number of nitrogens with two attached hydrogens (primary N) is 4. The molecule has 0 heterocycles. The van der Waals surface area contributed by atoms with Crippen LogP contribution in [0.25, 0.3) is 0 Å². The van der Waals surface area contributed by atoms with Crippen LogP contribution in [0.1, 0.15) is 32.1 Å². The maximum atomic E-state index is 9.57. The summed E-state index contributed by atoms with van der Waals surface area (Å²) in [5, 5.41) is 6.50. The molecule has 1 aliphatic carbocycles. The Morgan fingerprint density at radius 2 is 1.05 bits per heavy atom. The molecule has 0 spiro atoms. The van der Waals surface area contributed by atoms with Gasteiger partial charge >= 0.3 is 15.2 Å². The van der Waals surface area contributed by atoms with E-state index < -0.39 is 27.8 Å². The normalized spacial score (nSPS) is 15.5. The molecule has 0 aromatic rings. The van der Waals surface area contributed by atoms with Crippen molar-refractivity contribution in [2.75, 3.05) is 12.6 Å². The lowest BCUT2D eigenvalue weighted by molar-refractivity contribution is 0.311. The van der Waals surface area contributed by atoms with Gasteiger partial charge in [-0.3, -0.25) is 9.13 Å². The summed E-state index contributed by atoms with van der Waals surface area (Å²) >= 11 is 0. The van der Waals surface area contributed by atoms with E-state index in [1.807, 2.05) is 0 Å². The van der Waals surface area contributed by atoms with Crippen LogP contribution in [0.4, 0.5) is 0 Å². The fourth-order valence-electron chi connectivity index (χ4n) is 1.13. The fraction of sp³-hybridized carbons (Fsp3) is 1.00. The third-order valence-electron chi connectivity index (χ3n) is 2.13. The van der Waals surface area contributed by atoms with Gasteiger partial charge in [-0.05, 0) is 12.8 Å². The fourth-order valence-corrected chi connectivity index (χ4v) is 1.13. The summed E-state index contributed by atoms with van der Waals surface area (Å²) in [6.07, 6.45) is 5.54. The van der Waals surface area contributed by atoms with Crippen molar-refractivity contribution in [3.8, 4) is 0 Å². The largest absolute Gasteiger partial charge is 0.338 e. The van der Waals surface area contributed by atoms with Gasteiger partial charge in [0.1, 0.15) is 0 Å². The van der Waals surface area contributed by atoms with E-state index in [-0.39, 0.29) is 0 Å². The highest BCUT2D eigenvalue weighted by Crippen LogP contribution is 2.30. The molecule has 1 aliphatic rings. The molecular formula is C8H28N4O7P2. The van der Waals surface area contributed by atoms with Crippen LogP contribution in [0.5, 0.6) is 0 Å². The second-order valence-electron chi connectivity index (χ2n) is 4.09. The zero-order chi connectivity index (χ0) is 17.5. The Kier molecular flexibility index (Phi) is 18.6. The first kappa shape index (κ1) is 26.0. The molecule has 0 saturated heterocycles. The van der Waals surface area contributed by atoms with E-state index in [1.54, 1.807) is 0 Å². The molecule has 0 aromatic carbocycles. The van der Waals surface area contributed by atoms with Crippen molar-refractivity contribution in [3.05, 3.63) is 0 Å². The zero-order valence-electron chi connectivity index (χ0n) is 11.8. The summed E-state index contributed by atoms with van der Waals surface area (Å²) in [6, 6.07) is 0.536. The van der Waals surface area contributed by atoms with Gasteiger partial charge in [0, 0.05) is 6.04 Å². The van der Waals surface area contributed by atoms with Crippen LogP contribution in [0.2, 0.25) is 0 Å². The van der Waals surface area contributed by atoms with Crippen molar-refractivity contribution in [2.45, 2.75) is 38.1 Å². The molecule has 0 radical (unpaired) electrons. The molecule has 1 rings (SSSR count). The van der Waals surface area contributed by atoms with E-state index in [2.05, 4.69) is 17.4 Å². The highest BCUT2D eigenvalue weighted by molar-refractivity contribution is 7.51. The average molecular weight is 354 g/mol. The van der Waals surface area contributed by atoms with Crippen molar-refractivity contribution in [3.63, 3.8) is 0 Å². The lowest BCUT2D eigenvalue weighted by Gasteiger charge is -2.15. The van der Waals surface area contributed by atoms with Gasteiger partial charge in [-0.25, -0.2) is 5.90 Å². The second kappa shape index (κ2) is 15.0. The Labute approximate surface area is 124 Å². The van der Waals surface area contributed by atoms with Gasteiger partial charge in [0.05, 0.1) is 12.6 Å².